The zero-order chi connectivity index (χ0) is 9.40. The van der Waals surface area contributed by atoms with E-state index >= 15 is 0 Å². The molecule has 0 radical (unpaired) electrons. The number of thiazole rings is 1. The van der Waals surface area contributed by atoms with E-state index in [1.165, 1.54) is 5.01 Å². The topological polar surface area (TPSA) is 50.2 Å². The van der Waals surface area contributed by atoms with E-state index in [2.05, 4.69) is 11.9 Å². The molecule has 0 amide bonds. The second-order valence-corrected chi connectivity index (χ2v) is 3.01. The maximum atomic E-state index is 9.37. The lowest BCUT2D eigenvalue weighted by atomic mass is 10.5. The minimum Gasteiger partial charge on any atom is -0.481 e. The molecule has 12 heavy (non-hydrogen) atoms. The van der Waals surface area contributed by atoms with Crippen LogP contribution in [0.25, 0.3) is 0 Å². The van der Waals surface area contributed by atoms with E-state index in [0.29, 0.717) is 0 Å². The van der Waals surface area contributed by atoms with E-state index in [1.807, 2.05) is 11.6 Å². The largest absolute Gasteiger partial charge is 0.481 e. The van der Waals surface area contributed by atoms with Crippen molar-refractivity contribution >= 4 is 17.3 Å². The van der Waals surface area contributed by atoms with Gasteiger partial charge in [-0.2, -0.15) is 0 Å². The Kier molecular flexibility index (Phi) is 6.28. The molecule has 1 aromatic rings. The molecule has 0 bridgehead atoms. The van der Waals surface area contributed by atoms with Crippen LogP contribution in [0.15, 0.2) is 11.6 Å². The minimum atomic E-state index is -0.745. The maximum Gasteiger partial charge on any atom is 0.303 e. The van der Waals surface area contributed by atoms with Crippen LogP contribution >= 0.6 is 11.3 Å². The molecule has 1 rings (SSSR count). The summed E-state index contributed by atoms with van der Waals surface area (Å²) in [6, 6.07) is 0. The number of carboxylic acids is 1. The van der Waals surface area contributed by atoms with Crippen molar-refractivity contribution in [1.82, 2.24) is 4.98 Å². The van der Waals surface area contributed by atoms with Gasteiger partial charge in [0.1, 0.15) is 0 Å². The summed E-state index contributed by atoms with van der Waals surface area (Å²) in [7, 11) is 0. The first-order chi connectivity index (χ1) is 5.70. The minimum absolute atomic E-state index is 0.222. The molecular formula is C8H13NO2S. The molecule has 0 aliphatic carbocycles. The highest BCUT2D eigenvalue weighted by molar-refractivity contribution is 7.09. The van der Waals surface area contributed by atoms with E-state index < -0.39 is 5.97 Å². The summed E-state index contributed by atoms with van der Waals surface area (Å²) >= 11 is 1.71. The molecule has 0 saturated carbocycles. The van der Waals surface area contributed by atoms with E-state index in [0.717, 1.165) is 6.42 Å². The van der Waals surface area contributed by atoms with Gasteiger partial charge in [-0.3, -0.25) is 4.79 Å². The van der Waals surface area contributed by atoms with Crippen LogP contribution in [0.1, 0.15) is 25.3 Å². The number of aryl methyl sites for hydroxylation is 1. The fourth-order valence-corrected chi connectivity index (χ4v) is 0.995. The van der Waals surface area contributed by atoms with Crippen LogP contribution in [0.5, 0.6) is 0 Å². The van der Waals surface area contributed by atoms with Crippen LogP contribution in [-0.4, -0.2) is 16.1 Å². The van der Waals surface area contributed by atoms with Gasteiger partial charge >= 0.3 is 5.97 Å². The Morgan fingerprint density at radius 1 is 1.67 bits per heavy atom. The second-order valence-electron chi connectivity index (χ2n) is 2.03. The van der Waals surface area contributed by atoms with Gasteiger partial charge in [-0.25, -0.2) is 4.98 Å². The Hall–Kier alpha value is -0.900. The third kappa shape index (κ3) is 5.85. The molecule has 0 aliphatic rings. The lowest BCUT2D eigenvalue weighted by Gasteiger charge is -1.77. The van der Waals surface area contributed by atoms with Gasteiger partial charge in [0.05, 0.1) is 5.01 Å². The summed E-state index contributed by atoms with van der Waals surface area (Å²) < 4.78 is 0. The molecule has 1 aromatic heterocycles. The highest BCUT2D eigenvalue weighted by atomic mass is 32.1. The molecule has 0 aliphatic heterocycles. The summed E-state index contributed by atoms with van der Waals surface area (Å²) in [4.78, 5) is 13.4. The quantitative estimate of drug-likeness (QED) is 0.772. The SMILES string of the molecule is CCC(=O)O.CCc1nccs1. The van der Waals surface area contributed by atoms with Gasteiger partial charge in [0.2, 0.25) is 0 Å². The zero-order valence-electron chi connectivity index (χ0n) is 7.28. The third-order valence-electron chi connectivity index (χ3n) is 1.09. The Balaban J connectivity index is 0.000000217. The lowest BCUT2D eigenvalue weighted by molar-refractivity contribution is -0.136. The fraction of sp³-hybridized carbons (Fsp3) is 0.500. The van der Waals surface area contributed by atoms with Gasteiger partial charge in [0, 0.05) is 18.0 Å². The predicted molar refractivity (Wildman–Crippen MR) is 49.4 cm³/mol. The standard InChI is InChI=1S/C5H7NS.C3H6O2/c1-2-5-6-3-4-7-5;1-2-3(4)5/h3-4H,2H2,1H3;2H2,1H3,(H,4,5). The molecule has 0 atom stereocenters. The number of aromatic nitrogens is 1. The molecule has 1 N–H and O–H groups in total. The number of nitrogens with zero attached hydrogens (tertiary/aromatic N) is 1. The van der Waals surface area contributed by atoms with Crippen molar-refractivity contribution in [3.05, 3.63) is 16.6 Å². The average molecular weight is 187 g/mol. The lowest BCUT2D eigenvalue weighted by Crippen LogP contribution is -1.86. The molecule has 4 heteroatoms. The molecule has 0 spiro atoms. The van der Waals surface area contributed by atoms with Crippen molar-refractivity contribution in [2.75, 3.05) is 0 Å². The van der Waals surface area contributed by atoms with Crippen molar-refractivity contribution in [3.63, 3.8) is 0 Å². The Labute approximate surface area is 76.1 Å². The van der Waals surface area contributed by atoms with Gasteiger partial charge < -0.3 is 5.11 Å². The Bertz CT molecular complexity index is 209. The van der Waals surface area contributed by atoms with E-state index in [4.69, 9.17) is 5.11 Å². The summed E-state index contributed by atoms with van der Waals surface area (Å²) in [6.07, 6.45) is 3.13. The van der Waals surface area contributed by atoms with E-state index in [-0.39, 0.29) is 6.42 Å². The molecule has 3 nitrogen and oxygen atoms in total. The van der Waals surface area contributed by atoms with Gasteiger partial charge in [0.25, 0.3) is 0 Å². The monoisotopic (exact) mass is 187 g/mol. The van der Waals surface area contributed by atoms with Gasteiger partial charge in [0.15, 0.2) is 0 Å². The van der Waals surface area contributed by atoms with E-state index in [1.54, 1.807) is 18.3 Å². The van der Waals surface area contributed by atoms with Crippen LogP contribution in [0.4, 0.5) is 0 Å². The summed E-state index contributed by atoms with van der Waals surface area (Å²) in [5.74, 6) is -0.745. The third-order valence-corrected chi connectivity index (χ3v) is 2.01. The first-order valence-corrected chi connectivity index (χ1v) is 4.68. The highest BCUT2D eigenvalue weighted by Gasteiger charge is 1.84. The van der Waals surface area contributed by atoms with Crippen molar-refractivity contribution in [2.24, 2.45) is 0 Å². The molecule has 0 fully saturated rings. The van der Waals surface area contributed by atoms with E-state index in [9.17, 15) is 4.79 Å². The van der Waals surface area contributed by atoms with Crippen LogP contribution in [0.2, 0.25) is 0 Å². The molecule has 68 valence electrons. The number of hydrogen-bond acceptors (Lipinski definition) is 3. The molecule has 1 heterocycles. The summed E-state index contributed by atoms with van der Waals surface area (Å²) in [6.45, 7) is 3.71. The van der Waals surface area contributed by atoms with Crippen LogP contribution in [-0.2, 0) is 11.2 Å². The molecule has 0 aromatic carbocycles. The summed E-state index contributed by atoms with van der Waals surface area (Å²) in [5, 5.41) is 10.9. The smallest absolute Gasteiger partial charge is 0.303 e. The predicted octanol–water partition coefficient (Wildman–Crippen LogP) is 2.19. The van der Waals surface area contributed by atoms with Crippen molar-refractivity contribution < 1.29 is 9.90 Å². The van der Waals surface area contributed by atoms with Crippen LogP contribution in [0.3, 0.4) is 0 Å². The van der Waals surface area contributed by atoms with Crippen LogP contribution < -0.4 is 0 Å². The number of aliphatic carboxylic acids is 1. The Morgan fingerprint density at radius 2 is 2.25 bits per heavy atom. The van der Waals surface area contributed by atoms with Gasteiger partial charge in [-0.15, -0.1) is 11.3 Å². The van der Waals surface area contributed by atoms with Gasteiger partial charge in [-0.05, 0) is 6.42 Å². The van der Waals surface area contributed by atoms with Crippen molar-refractivity contribution in [1.29, 1.82) is 0 Å². The first kappa shape index (κ1) is 11.1. The number of carboxylic acid groups (broad SMARTS) is 1. The molecule has 0 unspecified atom stereocenters. The van der Waals surface area contributed by atoms with Crippen molar-refractivity contribution in [3.8, 4) is 0 Å². The molecular weight excluding hydrogens is 174 g/mol. The summed E-state index contributed by atoms with van der Waals surface area (Å²) in [5.41, 5.74) is 0. The maximum absolute atomic E-state index is 9.37. The average Bonchev–Trinajstić information content (AvgIpc) is 2.57. The normalized spacial score (nSPS) is 8.50. The Morgan fingerprint density at radius 3 is 2.42 bits per heavy atom. The first-order valence-electron chi connectivity index (χ1n) is 3.80. The number of carbonyl (C=O) groups is 1. The second kappa shape index (κ2) is 6.79. The van der Waals surface area contributed by atoms with Crippen molar-refractivity contribution in [2.45, 2.75) is 26.7 Å². The van der Waals surface area contributed by atoms with Gasteiger partial charge in [-0.1, -0.05) is 13.8 Å². The number of rotatable bonds is 2. The fourth-order valence-electron chi connectivity index (χ4n) is 0.428. The highest BCUT2D eigenvalue weighted by Crippen LogP contribution is 2.02. The zero-order valence-corrected chi connectivity index (χ0v) is 8.10. The molecule has 0 saturated heterocycles. The van der Waals surface area contributed by atoms with Crippen LogP contribution in [0, 0.1) is 0 Å². The number of hydrogen-bond donors (Lipinski definition) is 1.